The molecule has 3 aromatic heterocycles. The molecular weight excluding hydrogens is 240 g/mol. The number of aromatic nitrogens is 4. The Hall–Kier alpha value is -2.15. The second-order valence-corrected chi connectivity index (χ2v) is 4.36. The van der Waals surface area contributed by atoms with Crippen LogP contribution in [-0.4, -0.2) is 30.7 Å². The van der Waals surface area contributed by atoms with E-state index in [-0.39, 0.29) is 6.42 Å². The van der Waals surface area contributed by atoms with Crippen molar-refractivity contribution < 1.29 is 9.90 Å². The summed E-state index contributed by atoms with van der Waals surface area (Å²) < 4.78 is 1.58. The van der Waals surface area contributed by atoms with Crippen molar-refractivity contribution in [2.45, 2.75) is 6.42 Å². The van der Waals surface area contributed by atoms with Gasteiger partial charge in [-0.2, -0.15) is 4.98 Å². The summed E-state index contributed by atoms with van der Waals surface area (Å²) >= 11 is 1.39. The Balaban J connectivity index is 2.08. The summed E-state index contributed by atoms with van der Waals surface area (Å²) in [5.41, 5.74) is 1.54. The van der Waals surface area contributed by atoms with E-state index in [2.05, 4.69) is 15.1 Å². The van der Waals surface area contributed by atoms with Gasteiger partial charge in [0.2, 0.25) is 4.96 Å². The average Bonchev–Trinajstić information content (AvgIpc) is 2.93. The van der Waals surface area contributed by atoms with Crippen LogP contribution in [0.3, 0.4) is 0 Å². The Kier molecular flexibility index (Phi) is 2.19. The molecule has 86 valence electrons. The normalized spacial score (nSPS) is 11.1. The third-order valence-electron chi connectivity index (χ3n) is 2.34. The van der Waals surface area contributed by atoms with Crippen molar-refractivity contribution in [1.82, 2.24) is 19.6 Å². The van der Waals surface area contributed by atoms with Crippen LogP contribution in [0.1, 0.15) is 5.69 Å². The topological polar surface area (TPSA) is 83.3 Å². The van der Waals surface area contributed by atoms with Crippen molar-refractivity contribution in [3.63, 3.8) is 0 Å². The molecule has 0 unspecified atom stereocenters. The highest BCUT2D eigenvalue weighted by molar-refractivity contribution is 7.15. The first-order chi connectivity index (χ1) is 8.24. The zero-order valence-corrected chi connectivity index (χ0v) is 9.44. The maximum absolute atomic E-state index is 10.7. The molecule has 0 aromatic carbocycles. The summed E-state index contributed by atoms with van der Waals surface area (Å²) in [4.78, 5) is 18.7. The molecule has 0 amide bonds. The van der Waals surface area contributed by atoms with E-state index < -0.39 is 5.97 Å². The van der Waals surface area contributed by atoms with Crippen LogP contribution < -0.4 is 0 Å². The van der Waals surface area contributed by atoms with E-state index in [0.29, 0.717) is 16.5 Å². The monoisotopic (exact) mass is 248 g/mol. The first-order valence-electron chi connectivity index (χ1n) is 4.92. The van der Waals surface area contributed by atoms with Gasteiger partial charge in [-0.1, -0.05) is 0 Å². The number of aliphatic carboxylic acids is 1. The molecule has 7 heteroatoms. The molecule has 3 aromatic rings. The van der Waals surface area contributed by atoms with E-state index in [0.717, 1.165) is 5.56 Å². The quantitative estimate of drug-likeness (QED) is 0.734. The summed E-state index contributed by atoms with van der Waals surface area (Å²) in [6.07, 6.45) is 3.55. The molecular formula is C10H8N4O2S. The zero-order chi connectivity index (χ0) is 11.8. The van der Waals surface area contributed by atoms with E-state index in [1.165, 1.54) is 11.3 Å². The van der Waals surface area contributed by atoms with Gasteiger partial charge in [0, 0.05) is 23.3 Å². The van der Waals surface area contributed by atoms with Crippen molar-refractivity contribution >= 4 is 22.3 Å². The summed E-state index contributed by atoms with van der Waals surface area (Å²) in [5.74, 6) is -0.270. The molecule has 0 bridgehead atoms. The van der Waals surface area contributed by atoms with Crippen LogP contribution in [0.15, 0.2) is 23.8 Å². The number of aromatic amines is 1. The first-order valence-corrected chi connectivity index (χ1v) is 5.80. The predicted molar refractivity (Wildman–Crippen MR) is 62.0 cm³/mol. The Morgan fingerprint density at radius 3 is 3.18 bits per heavy atom. The maximum atomic E-state index is 10.7. The Morgan fingerprint density at radius 1 is 1.59 bits per heavy atom. The van der Waals surface area contributed by atoms with E-state index in [4.69, 9.17) is 5.11 Å². The van der Waals surface area contributed by atoms with Gasteiger partial charge >= 0.3 is 5.97 Å². The van der Waals surface area contributed by atoms with Crippen LogP contribution in [0.5, 0.6) is 0 Å². The molecule has 6 nitrogen and oxygen atoms in total. The van der Waals surface area contributed by atoms with E-state index in [1.54, 1.807) is 22.3 Å². The minimum absolute atomic E-state index is 0.0457. The summed E-state index contributed by atoms with van der Waals surface area (Å²) in [5, 5.41) is 14.8. The van der Waals surface area contributed by atoms with Gasteiger partial charge in [0.1, 0.15) is 0 Å². The van der Waals surface area contributed by atoms with Crippen molar-refractivity contribution in [3.8, 4) is 11.4 Å². The molecule has 0 radical (unpaired) electrons. The number of rotatable bonds is 3. The minimum atomic E-state index is -0.872. The highest BCUT2D eigenvalue weighted by Gasteiger charge is 2.13. The number of fused-ring (bicyclic) bond motifs is 1. The second kappa shape index (κ2) is 3.70. The lowest BCUT2D eigenvalue weighted by Crippen LogP contribution is -2.03. The van der Waals surface area contributed by atoms with E-state index >= 15 is 0 Å². The molecule has 0 aliphatic carbocycles. The second-order valence-electron chi connectivity index (χ2n) is 3.53. The van der Waals surface area contributed by atoms with Gasteiger partial charge in [-0.15, -0.1) is 16.4 Å². The molecule has 17 heavy (non-hydrogen) atoms. The average molecular weight is 248 g/mol. The standard InChI is InChI=1S/C10H8N4O2S/c15-8(16)3-7-5-17-10-12-9(13-14(7)10)6-1-2-11-4-6/h1-2,4-5,11H,3H2,(H,15,16). The van der Waals surface area contributed by atoms with E-state index in [1.807, 2.05) is 6.07 Å². The molecule has 0 fully saturated rings. The van der Waals surface area contributed by atoms with Crippen LogP contribution in [-0.2, 0) is 11.2 Å². The number of carboxylic acids is 1. The number of nitrogens with one attached hydrogen (secondary N) is 1. The predicted octanol–water partition coefficient (Wildman–Crippen LogP) is 1.41. The lowest BCUT2D eigenvalue weighted by molar-refractivity contribution is -0.136. The number of carboxylic acid groups (broad SMARTS) is 1. The highest BCUT2D eigenvalue weighted by Crippen LogP contribution is 2.20. The molecule has 3 heterocycles. The zero-order valence-electron chi connectivity index (χ0n) is 8.62. The highest BCUT2D eigenvalue weighted by atomic mass is 32.1. The van der Waals surface area contributed by atoms with Crippen LogP contribution in [0, 0.1) is 0 Å². The van der Waals surface area contributed by atoms with Crippen molar-refractivity contribution in [3.05, 3.63) is 29.5 Å². The summed E-state index contributed by atoms with van der Waals surface area (Å²) in [7, 11) is 0. The molecule has 2 N–H and O–H groups in total. The fourth-order valence-corrected chi connectivity index (χ4v) is 2.41. The van der Waals surface area contributed by atoms with Crippen LogP contribution >= 0.6 is 11.3 Å². The minimum Gasteiger partial charge on any atom is -0.481 e. The number of nitrogens with zero attached hydrogens (tertiary/aromatic N) is 3. The first kappa shape index (κ1) is 10.0. The molecule has 0 saturated heterocycles. The van der Waals surface area contributed by atoms with Gasteiger partial charge in [0.05, 0.1) is 12.1 Å². The molecule has 3 rings (SSSR count). The molecule has 0 spiro atoms. The van der Waals surface area contributed by atoms with Gasteiger partial charge in [-0.25, -0.2) is 4.52 Å². The van der Waals surface area contributed by atoms with Gasteiger partial charge in [-0.05, 0) is 6.07 Å². The third kappa shape index (κ3) is 1.70. The van der Waals surface area contributed by atoms with Crippen molar-refractivity contribution in [2.24, 2.45) is 0 Å². The SMILES string of the molecule is O=C(O)Cc1csc2nc(-c3cc[nH]c3)nn12. The fraction of sp³-hybridized carbons (Fsp3) is 0.100. The van der Waals surface area contributed by atoms with Crippen LogP contribution in [0.2, 0.25) is 0 Å². The van der Waals surface area contributed by atoms with E-state index in [9.17, 15) is 4.79 Å². The molecule has 0 aliphatic rings. The lowest BCUT2D eigenvalue weighted by atomic mass is 10.3. The largest absolute Gasteiger partial charge is 0.481 e. The van der Waals surface area contributed by atoms with Gasteiger partial charge < -0.3 is 10.1 Å². The lowest BCUT2D eigenvalue weighted by Gasteiger charge is -1.91. The van der Waals surface area contributed by atoms with Gasteiger partial charge in [0.25, 0.3) is 0 Å². The number of thiazole rings is 1. The van der Waals surface area contributed by atoms with Crippen LogP contribution in [0.25, 0.3) is 16.3 Å². The fourth-order valence-electron chi connectivity index (χ4n) is 1.59. The Labute approximate surface area is 99.5 Å². The summed E-state index contributed by atoms with van der Waals surface area (Å²) in [6, 6.07) is 1.87. The molecule has 0 saturated carbocycles. The number of carbonyl (C=O) groups is 1. The smallest absolute Gasteiger partial charge is 0.309 e. The van der Waals surface area contributed by atoms with Gasteiger partial charge in [0.15, 0.2) is 5.82 Å². The summed E-state index contributed by atoms with van der Waals surface area (Å²) in [6.45, 7) is 0. The Morgan fingerprint density at radius 2 is 2.47 bits per heavy atom. The maximum Gasteiger partial charge on any atom is 0.309 e. The van der Waals surface area contributed by atoms with Crippen molar-refractivity contribution in [2.75, 3.05) is 0 Å². The van der Waals surface area contributed by atoms with Gasteiger partial charge in [-0.3, -0.25) is 4.79 Å². The van der Waals surface area contributed by atoms with Crippen LogP contribution in [0.4, 0.5) is 0 Å². The number of H-pyrrole nitrogens is 1. The van der Waals surface area contributed by atoms with Crippen molar-refractivity contribution in [1.29, 1.82) is 0 Å². The molecule has 0 aliphatic heterocycles. The number of hydrogen-bond acceptors (Lipinski definition) is 4. The molecule has 0 atom stereocenters. The third-order valence-corrected chi connectivity index (χ3v) is 3.20. The number of hydrogen-bond donors (Lipinski definition) is 2. The Bertz CT molecular complexity index is 668.